The topological polar surface area (TPSA) is 80.7 Å². The maximum atomic E-state index is 13.1. The number of benzene rings is 1. The predicted molar refractivity (Wildman–Crippen MR) is 110 cm³/mol. The van der Waals surface area contributed by atoms with Gasteiger partial charge < -0.3 is 9.64 Å². The van der Waals surface area contributed by atoms with Crippen molar-refractivity contribution in [1.82, 2.24) is 4.90 Å². The van der Waals surface area contributed by atoms with Gasteiger partial charge in [0.25, 0.3) is 5.91 Å². The van der Waals surface area contributed by atoms with Gasteiger partial charge in [-0.25, -0.2) is 13.2 Å². The maximum absolute atomic E-state index is 13.1. The first-order chi connectivity index (χ1) is 13.9. The van der Waals surface area contributed by atoms with Crippen LogP contribution in [0.2, 0.25) is 0 Å². The lowest BCUT2D eigenvalue weighted by Crippen LogP contribution is -2.50. The minimum atomic E-state index is -3.56. The molecule has 0 spiro atoms. The van der Waals surface area contributed by atoms with Crippen LogP contribution in [0.15, 0.2) is 29.2 Å². The smallest absolute Gasteiger partial charge is 0.339 e. The number of hydrogen-bond donors (Lipinski definition) is 0. The fourth-order valence-electron chi connectivity index (χ4n) is 4.66. The first kappa shape index (κ1) is 21.8. The van der Waals surface area contributed by atoms with E-state index in [-0.39, 0.29) is 35.1 Å². The zero-order chi connectivity index (χ0) is 20.9. The van der Waals surface area contributed by atoms with Gasteiger partial charge in [0, 0.05) is 18.3 Å². The van der Waals surface area contributed by atoms with Crippen molar-refractivity contribution in [2.75, 3.05) is 12.9 Å². The highest BCUT2D eigenvalue weighted by atomic mass is 32.2. The van der Waals surface area contributed by atoms with Gasteiger partial charge in [-0.1, -0.05) is 50.7 Å². The van der Waals surface area contributed by atoms with Crippen molar-refractivity contribution in [3.8, 4) is 0 Å². The van der Waals surface area contributed by atoms with Gasteiger partial charge >= 0.3 is 5.97 Å². The van der Waals surface area contributed by atoms with Crippen molar-refractivity contribution in [3.05, 3.63) is 29.8 Å². The van der Waals surface area contributed by atoms with E-state index in [9.17, 15) is 18.0 Å². The Hall–Kier alpha value is -1.89. The molecular weight excluding hydrogens is 390 g/mol. The summed E-state index contributed by atoms with van der Waals surface area (Å²) in [6, 6.07) is 6.39. The van der Waals surface area contributed by atoms with Gasteiger partial charge in [-0.3, -0.25) is 4.79 Å². The lowest BCUT2D eigenvalue weighted by atomic mass is 9.88. The molecule has 1 amide bonds. The van der Waals surface area contributed by atoms with Crippen LogP contribution in [0.5, 0.6) is 0 Å². The van der Waals surface area contributed by atoms with E-state index in [1.54, 1.807) is 12.1 Å². The van der Waals surface area contributed by atoms with E-state index in [0.29, 0.717) is 0 Å². The SMILES string of the molecule is CS(=O)(=O)c1ccccc1C(=O)OCC(=O)N(C1CCCCC1)C1CCCCC1. The third kappa shape index (κ3) is 5.59. The minimum Gasteiger partial charge on any atom is -0.452 e. The van der Waals surface area contributed by atoms with Crippen molar-refractivity contribution < 1.29 is 22.7 Å². The number of esters is 1. The Morgan fingerprint density at radius 3 is 1.97 bits per heavy atom. The van der Waals surface area contributed by atoms with E-state index in [0.717, 1.165) is 57.6 Å². The third-order valence-corrected chi connectivity index (χ3v) is 7.21. The first-order valence-electron chi connectivity index (χ1n) is 10.7. The number of carbonyl (C=O) groups excluding carboxylic acids is 2. The molecule has 0 aromatic heterocycles. The van der Waals surface area contributed by atoms with Gasteiger partial charge in [-0.15, -0.1) is 0 Å². The molecule has 2 fully saturated rings. The molecule has 160 valence electrons. The van der Waals surface area contributed by atoms with E-state index in [1.165, 1.54) is 25.0 Å². The molecule has 2 saturated carbocycles. The summed E-state index contributed by atoms with van der Waals surface area (Å²) in [6.07, 6.45) is 12.0. The molecule has 3 rings (SSSR count). The molecule has 0 N–H and O–H groups in total. The van der Waals surface area contributed by atoms with E-state index in [1.807, 2.05) is 4.90 Å². The summed E-state index contributed by atoms with van der Waals surface area (Å²) in [4.78, 5) is 27.5. The molecule has 0 saturated heterocycles. The summed E-state index contributed by atoms with van der Waals surface area (Å²) >= 11 is 0. The number of nitrogens with zero attached hydrogens (tertiary/aromatic N) is 1. The van der Waals surface area contributed by atoms with Crippen molar-refractivity contribution in [3.63, 3.8) is 0 Å². The van der Waals surface area contributed by atoms with Crippen molar-refractivity contribution in [2.45, 2.75) is 81.2 Å². The van der Waals surface area contributed by atoms with Crippen LogP contribution >= 0.6 is 0 Å². The number of hydrogen-bond acceptors (Lipinski definition) is 5. The third-order valence-electron chi connectivity index (χ3n) is 6.06. The number of rotatable bonds is 6. The second-order valence-corrected chi connectivity index (χ2v) is 10.2. The largest absolute Gasteiger partial charge is 0.452 e. The molecule has 7 heteroatoms. The molecule has 1 aromatic rings. The van der Waals surface area contributed by atoms with Gasteiger partial charge in [-0.05, 0) is 37.8 Å². The summed E-state index contributed by atoms with van der Waals surface area (Å²) in [5.41, 5.74) is -0.0234. The van der Waals surface area contributed by atoms with E-state index in [2.05, 4.69) is 0 Å². The lowest BCUT2D eigenvalue weighted by molar-refractivity contribution is -0.141. The van der Waals surface area contributed by atoms with Crippen LogP contribution in [0.3, 0.4) is 0 Å². The average molecular weight is 422 g/mol. The highest BCUT2D eigenvalue weighted by Crippen LogP contribution is 2.30. The van der Waals surface area contributed by atoms with Gasteiger partial charge in [0.1, 0.15) is 0 Å². The van der Waals surface area contributed by atoms with Crippen LogP contribution in [0, 0.1) is 0 Å². The van der Waals surface area contributed by atoms with Gasteiger partial charge in [0.2, 0.25) is 0 Å². The van der Waals surface area contributed by atoms with Crippen LogP contribution in [-0.4, -0.2) is 50.1 Å². The first-order valence-corrected chi connectivity index (χ1v) is 12.5. The molecule has 0 heterocycles. The average Bonchev–Trinajstić information content (AvgIpc) is 2.73. The summed E-state index contributed by atoms with van der Waals surface area (Å²) in [5, 5.41) is 0. The maximum Gasteiger partial charge on any atom is 0.339 e. The highest BCUT2D eigenvalue weighted by molar-refractivity contribution is 7.90. The fraction of sp³-hybridized carbons (Fsp3) is 0.636. The van der Waals surface area contributed by atoms with Crippen LogP contribution < -0.4 is 0 Å². The molecule has 0 radical (unpaired) electrons. The van der Waals surface area contributed by atoms with E-state index in [4.69, 9.17) is 4.74 Å². The molecular formula is C22H31NO5S. The fourth-order valence-corrected chi connectivity index (χ4v) is 5.54. The number of carbonyl (C=O) groups is 2. The number of amides is 1. The molecule has 2 aliphatic carbocycles. The molecule has 1 aromatic carbocycles. The normalized spacial score (nSPS) is 18.9. The van der Waals surface area contributed by atoms with Crippen molar-refractivity contribution in [2.24, 2.45) is 0 Å². The summed E-state index contributed by atoms with van der Waals surface area (Å²) in [7, 11) is -3.56. The Morgan fingerprint density at radius 1 is 0.931 bits per heavy atom. The lowest BCUT2D eigenvalue weighted by Gasteiger charge is -2.41. The Bertz CT molecular complexity index is 805. The van der Waals surface area contributed by atoms with Crippen LogP contribution in [0.1, 0.15) is 74.6 Å². The monoisotopic (exact) mass is 421 g/mol. The highest BCUT2D eigenvalue weighted by Gasteiger charge is 2.33. The standard InChI is InChI=1S/C22H31NO5S/c1-29(26,27)20-15-9-8-14-19(20)22(25)28-16-21(24)23(17-10-4-2-5-11-17)18-12-6-3-7-13-18/h8-9,14-15,17-18H,2-7,10-13,16H2,1H3. The van der Waals surface area contributed by atoms with Crippen LogP contribution in [-0.2, 0) is 19.4 Å². The Kier molecular flexibility index (Phi) is 7.33. The Morgan fingerprint density at radius 2 is 1.45 bits per heavy atom. The number of ether oxygens (including phenoxy) is 1. The van der Waals surface area contributed by atoms with Crippen LogP contribution in [0.4, 0.5) is 0 Å². The quantitative estimate of drug-likeness (QED) is 0.654. The molecule has 0 unspecified atom stereocenters. The van der Waals surface area contributed by atoms with Gasteiger partial charge in [0.05, 0.1) is 10.5 Å². The van der Waals surface area contributed by atoms with Gasteiger partial charge in [0.15, 0.2) is 16.4 Å². The summed E-state index contributed by atoms with van der Waals surface area (Å²) in [5.74, 6) is -0.930. The predicted octanol–water partition coefficient (Wildman–Crippen LogP) is 3.74. The second-order valence-electron chi connectivity index (χ2n) is 8.23. The summed E-state index contributed by atoms with van der Waals surface area (Å²) < 4.78 is 29.2. The Labute approximate surface area is 173 Å². The zero-order valence-corrected chi connectivity index (χ0v) is 18.0. The van der Waals surface area contributed by atoms with E-state index >= 15 is 0 Å². The molecule has 29 heavy (non-hydrogen) atoms. The molecule has 0 aliphatic heterocycles. The molecule has 0 bridgehead atoms. The van der Waals surface area contributed by atoms with Crippen molar-refractivity contribution >= 4 is 21.7 Å². The molecule has 0 atom stereocenters. The molecule has 6 nitrogen and oxygen atoms in total. The summed E-state index contributed by atoms with van der Waals surface area (Å²) in [6.45, 7) is -0.343. The zero-order valence-electron chi connectivity index (χ0n) is 17.1. The van der Waals surface area contributed by atoms with Crippen molar-refractivity contribution in [1.29, 1.82) is 0 Å². The van der Waals surface area contributed by atoms with Crippen LogP contribution in [0.25, 0.3) is 0 Å². The molecule has 2 aliphatic rings. The second kappa shape index (κ2) is 9.74. The van der Waals surface area contributed by atoms with Gasteiger partial charge in [-0.2, -0.15) is 0 Å². The van der Waals surface area contributed by atoms with E-state index < -0.39 is 15.8 Å². The minimum absolute atomic E-state index is 0.0234. The number of sulfone groups is 1. The Balaban J connectivity index is 1.70.